The van der Waals surface area contributed by atoms with Gasteiger partial charge in [-0.15, -0.1) is 0 Å². The largest absolute Gasteiger partial charge is 0.493 e. The molecule has 0 aliphatic carbocycles. The lowest BCUT2D eigenvalue weighted by molar-refractivity contribution is -0.552. The van der Waals surface area contributed by atoms with Gasteiger partial charge in [0.25, 0.3) is 5.91 Å². The monoisotopic (exact) mass is 351 g/mol. The molecule has 0 spiro atoms. The zero-order valence-electron chi connectivity index (χ0n) is 15.3. The van der Waals surface area contributed by atoms with Crippen molar-refractivity contribution in [3.63, 3.8) is 0 Å². The van der Waals surface area contributed by atoms with Crippen LogP contribution in [0.15, 0.2) is 36.4 Å². The van der Waals surface area contributed by atoms with Crippen molar-refractivity contribution in [2.24, 2.45) is 0 Å². The number of para-hydroxylation sites is 1. The number of methoxy groups -OCH3 is 2. The van der Waals surface area contributed by atoms with Gasteiger partial charge in [-0.3, -0.25) is 4.79 Å². The zero-order valence-corrected chi connectivity index (χ0v) is 15.3. The molecule has 0 saturated heterocycles. The van der Waals surface area contributed by atoms with Crippen molar-refractivity contribution < 1.29 is 18.8 Å². The Labute approximate surface area is 153 Å². The van der Waals surface area contributed by atoms with Crippen molar-refractivity contribution in [1.29, 1.82) is 0 Å². The summed E-state index contributed by atoms with van der Waals surface area (Å²) in [6.07, 6.45) is 1.62. The molecule has 1 atom stereocenters. The molecule has 0 radical (unpaired) electrons. The summed E-state index contributed by atoms with van der Waals surface area (Å²) in [6.45, 7) is 2.86. The summed E-state index contributed by atoms with van der Waals surface area (Å²) < 4.78 is 13.3. The minimum absolute atomic E-state index is 0.0545. The van der Waals surface area contributed by atoms with E-state index in [9.17, 15) is 4.79 Å². The van der Waals surface area contributed by atoms with Crippen molar-refractivity contribution in [2.45, 2.75) is 25.8 Å². The predicted octanol–water partition coefficient (Wildman–Crippen LogP) is 2.84. The average Bonchev–Trinajstić information content (AvgIpc) is 2.79. The van der Waals surface area contributed by atoms with E-state index in [1.54, 1.807) is 14.2 Å². The topological polar surface area (TPSA) is 50.6 Å². The molecule has 1 N–H and O–H groups in total. The van der Waals surface area contributed by atoms with E-state index in [1.165, 1.54) is 5.56 Å². The number of amides is 1. The molecule has 5 heteroatoms. The van der Waals surface area contributed by atoms with Gasteiger partial charge in [0.05, 0.1) is 31.0 Å². The third kappa shape index (κ3) is 2.46. The lowest BCUT2D eigenvalue weighted by Crippen LogP contribution is -2.42. The fourth-order valence-electron chi connectivity index (χ4n) is 4.03. The molecule has 0 bridgehead atoms. The highest BCUT2D eigenvalue weighted by molar-refractivity contribution is 6.17. The number of ether oxygens (including phenoxy) is 2. The van der Waals surface area contributed by atoms with E-state index >= 15 is 0 Å². The smallest absolute Gasteiger partial charge is 0.293 e. The number of benzene rings is 2. The molecule has 2 aromatic rings. The first kappa shape index (κ1) is 16.6. The van der Waals surface area contributed by atoms with Crippen LogP contribution in [0.3, 0.4) is 0 Å². The first-order valence-electron chi connectivity index (χ1n) is 8.97. The molecular weight excluding hydrogens is 328 g/mol. The zero-order chi connectivity index (χ0) is 18.3. The summed E-state index contributed by atoms with van der Waals surface area (Å²) in [5, 5.41) is 3.10. The van der Waals surface area contributed by atoms with Crippen LogP contribution < -0.4 is 14.8 Å². The minimum Gasteiger partial charge on any atom is -0.493 e. The summed E-state index contributed by atoms with van der Waals surface area (Å²) >= 11 is 0. The third-order valence-electron chi connectivity index (χ3n) is 5.28. The Balaban J connectivity index is 2.02. The Morgan fingerprint density at radius 3 is 2.58 bits per heavy atom. The van der Waals surface area contributed by atoms with Gasteiger partial charge in [-0.25, -0.2) is 4.58 Å². The van der Waals surface area contributed by atoms with Crippen LogP contribution in [0.2, 0.25) is 0 Å². The SMILES string of the molecule is CCC1C(=O)Nc2ccccc2C2=[N+]1CCc1cc(OC)c(OC)cc12. The van der Waals surface area contributed by atoms with Crippen LogP contribution in [-0.2, 0) is 11.2 Å². The van der Waals surface area contributed by atoms with Crippen LogP contribution in [0.4, 0.5) is 5.69 Å². The number of fused-ring (bicyclic) bond motifs is 4. The second kappa shape index (κ2) is 6.48. The first-order chi connectivity index (χ1) is 12.7. The van der Waals surface area contributed by atoms with E-state index in [1.807, 2.05) is 24.3 Å². The van der Waals surface area contributed by atoms with Crippen molar-refractivity contribution >= 4 is 17.3 Å². The number of nitrogens with one attached hydrogen (secondary N) is 1. The number of carbonyl (C=O) groups is 1. The highest BCUT2D eigenvalue weighted by Gasteiger charge is 2.40. The van der Waals surface area contributed by atoms with Gasteiger partial charge in [-0.1, -0.05) is 19.1 Å². The number of carbonyl (C=O) groups excluding carboxylic acids is 1. The van der Waals surface area contributed by atoms with E-state index in [0.717, 1.165) is 47.7 Å². The van der Waals surface area contributed by atoms with Crippen molar-refractivity contribution in [2.75, 3.05) is 26.1 Å². The van der Waals surface area contributed by atoms with Gasteiger partial charge in [0, 0.05) is 12.8 Å². The Kier molecular flexibility index (Phi) is 4.15. The van der Waals surface area contributed by atoms with Crippen LogP contribution in [0.1, 0.15) is 30.0 Å². The van der Waals surface area contributed by atoms with E-state index < -0.39 is 0 Å². The molecule has 134 valence electrons. The molecule has 0 saturated carbocycles. The maximum absolute atomic E-state index is 12.8. The molecule has 0 fully saturated rings. The molecule has 4 rings (SSSR count). The van der Waals surface area contributed by atoms with Crippen molar-refractivity contribution in [3.8, 4) is 11.5 Å². The molecule has 2 aromatic carbocycles. The summed E-state index contributed by atoms with van der Waals surface area (Å²) in [6, 6.07) is 11.9. The predicted molar refractivity (Wildman–Crippen MR) is 101 cm³/mol. The molecule has 1 amide bonds. The van der Waals surface area contributed by atoms with Gasteiger partial charge in [0.15, 0.2) is 11.5 Å². The van der Waals surface area contributed by atoms with Gasteiger partial charge >= 0.3 is 0 Å². The first-order valence-corrected chi connectivity index (χ1v) is 8.97. The fourth-order valence-corrected chi connectivity index (χ4v) is 4.03. The third-order valence-corrected chi connectivity index (χ3v) is 5.28. The lowest BCUT2D eigenvalue weighted by Gasteiger charge is -2.22. The summed E-state index contributed by atoms with van der Waals surface area (Å²) in [5.74, 6) is 1.50. The van der Waals surface area contributed by atoms with Crippen LogP contribution in [0.5, 0.6) is 11.5 Å². The number of hydrogen-bond donors (Lipinski definition) is 1. The molecule has 2 aliphatic heterocycles. The molecular formula is C21H23N2O3+. The molecule has 2 aliphatic rings. The maximum Gasteiger partial charge on any atom is 0.293 e. The number of anilines is 1. The van der Waals surface area contributed by atoms with Crippen LogP contribution in [0.25, 0.3) is 0 Å². The maximum atomic E-state index is 12.8. The molecule has 2 heterocycles. The number of hydrogen-bond acceptors (Lipinski definition) is 3. The molecule has 5 nitrogen and oxygen atoms in total. The van der Waals surface area contributed by atoms with Gasteiger partial charge in [0.2, 0.25) is 11.8 Å². The summed E-state index contributed by atoms with van der Waals surface area (Å²) in [5.41, 5.74) is 5.32. The molecule has 26 heavy (non-hydrogen) atoms. The van der Waals surface area contributed by atoms with Gasteiger partial charge in [0.1, 0.15) is 6.54 Å². The van der Waals surface area contributed by atoms with E-state index in [4.69, 9.17) is 9.47 Å². The fraction of sp³-hybridized carbons (Fsp3) is 0.333. The summed E-state index contributed by atoms with van der Waals surface area (Å²) in [7, 11) is 3.31. The minimum atomic E-state index is -0.182. The van der Waals surface area contributed by atoms with Gasteiger partial charge in [-0.2, -0.15) is 0 Å². The van der Waals surface area contributed by atoms with Crippen LogP contribution in [-0.4, -0.2) is 43.0 Å². The normalized spacial score (nSPS) is 18.3. The second-order valence-corrected chi connectivity index (χ2v) is 6.62. The average molecular weight is 351 g/mol. The highest BCUT2D eigenvalue weighted by atomic mass is 16.5. The van der Waals surface area contributed by atoms with Gasteiger partial charge < -0.3 is 14.8 Å². The number of rotatable bonds is 3. The Morgan fingerprint density at radius 1 is 1.12 bits per heavy atom. The van der Waals surface area contributed by atoms with E-state index in [0.29, 0.717) is 5.75 Å². The van der Waals surface area contributed by atoms with E-state index in [-0.39, 0.29) is 11.9 Å². The Hall–Kier alpha value is -2.82. The Morgan fingerprint density at radius 2 is 1.85 bits per heavy atom. The van der Waals surface area contributed by atoms with Gasteiger partial charge in [-0.05, 0) is 29.8 Å². The quantitative estimate of drug-likeness (QED) is 0.865. The standard InChI is InChI=1S/C21H22N2O3/c1-4-17-21(24)22-16-8-6-5-7-14(16)20-15-12-19(26-3)18(25-2)11-13(15)9-10-23(17)20/h5-8,11-12,17H,4,9-10H2,1-3H3/p+1. The van der Waals surface area contributed by atoms with Crippen LogP contribution >= 0.6 is 0 Å². The number of nitrogens with zero attached hydrogens (tertiary/aromatic N) is 1. The molecule has 1 unspecified atom stereocenters. The van der Waals surface area contributed by atoms with Crippen molar-refractivity contribution in [3.05, 3.63) is 53.1 Å². The Bertz CT molecular complexity index is 917. The van der Waals surface area contributed by atoms with E-state index in [2.05, 4.69) is 28.9 Å². The van der Waals surface area contributed by atoms with Crippen LogP contribution in [0, 0.1) is 0 Å². The lowest BCUT2D eigenvalue weighted by atomic mass is 9.90. The summed E-state index contributed by atoms with van der Waals surface area (Å²) in [4.78, 5) is 12.8. The highest BCUT2D eigenvalue weighted by Crippen LogP contribution is 2.36. The molecule has 0 aromatic heterocycles. The van der Waals surface area contributed by atoms with Crippen molar-refractivity contribution in [1.82, 2.24) is 0 Å². The second-order valence-electron chi connectivity index (χ2n) is 6.62.